The molecule has 1 aromatic carbocycles. The van der Waals surface area contributed by atoms with E-state index in [0.29, 0.717) is 11.5 Å². The minimum Gasteiger partial charge on any atom is -0.543 e. The zero-order valence-electron chi connectivity index (χ0n) is 9.10. The van der Waals surface area contributed by atoms with Crippen LogP contribution >= 0.6 is 0 Å². The second kappa shape index (κ2) is 3.81. The summed E-state index contributed by atoms with van der Waals surface area (Å²) in [6.07, 6.45) is 0. The van der Waals surface area contributed by atoms with Gasteiger partial charge in [-0.05, 0) is 26.0 Å². The van der Waals surface area contributed by atoms with E-state index < -0.39 is 5.97 Å². The first-order valence-corrected chi connectivity index (χ1v) is 4.94. The van der Waals surface area contributed by atoms with E-state index in [9.17, 15) is 9.90 Å². The minimum atomic E-state index is -1.24. The molecule has 0 saturated heterocycles. The highest BCUT2D eigenvalue weighted by molar-refractivity contribution is 5.85. The van der Waals surface area contributed by atoms with Gasteiger partial charge in [-0.25, -0.2) is 4.98 Å². The van der Waals surface area contributed by atoms with Gasteiger partial charge in [-0.3, -0.25) is 0 Å². The second-order valence-electron chi connectivity index (χ2n) is 3.55. The van der Waals surface area contributed by atoms with E-state index in [2.05, 4.69) is 4.98 Å². The Morgan fingerprint density at radius 2 is 1.88 bits per heavy atom. The van der Waals surface area contributed by atoms with Crippen molar-refractivity contribution in [1.82, 2.24) is 9.55 Å². The van der Waals surface area contributed by atoms with E-state index in [-0.39, 0.29) is 5.69 Å². The van der Waals surface area contributed by atoms with Gasteiger partial charge in [0, 0.05) is 11.4 Å². The van der Waals surface area contributed by atoms with Crippen LogP contribution in [-0.4, -0.2) is 15.5 Å². The van der Waals surface area contributed by atoms with Crippen LogP contribution in [-0.2, 0) is 0 Å². The lowest BCUT2D eigenvalue weighted by Gasteiger charge is -2.07. The quantitative estimate of drug-likeness (QED) is 0.746. The van der Waals surface area contributed by atoms with Crippen molar-refractivity contribution in [2.75, 3.05) is 0 Å². The summed E-state index contributed by atoms with van der Waals surface area (Å²) >= 11 is 0. The summed E-state index contributed by atoms with van der Waals surface area (Å²) in [4.78, 5) is 14.8. The smallest absolute Gasteiger partial charge is 0.111 e. The molecule has 1 aromatic heterocycles. The second-order valence-corrected chi connectivity index (χ2v) is 3.55. The number of aromatic nitrogens is 2. The maximum Gasteiger partial charge on any atom is 0.111 e. The van der Waals surface area contributed by atoms with Crippen LogP contribution in [0, 0.1) is 13.8 Å². The molecule has 82 valence electrons. The maximum atomic E-state index is 10.8. The van der Waals surface area contributed by atoms with Crippen LogP contribution in [0.5, 0.6) is 0 Å². The summed E-state index contributed by atoms with van der Waals surface area (Å²) in [7, 11) is 0. The summed E-state index contributed by atoms with van der Waals surface area (Å²) in [5.41, 5.74) is 1.49. The van der Waals surface area contributed by atoms with E-state index in [1.165, 1.54) is 0 Å². The van der Waals surface area contributed by atoms with Gasteiger partial charge in [-0.2, -0.15) is 0 Å². The minimum absolute atomic E-state index is 0.00125. The molecule has 16 heavy (non-hydrogen) atoms. The predicted octanol–water partition coefficient (Wildman–Crippen LogP) is 0.853. The standard InChI is InChI=1S/C12H12N2O2/c1-8-11(12(15)16)13-9(2)14(8)10-6-4-3-5-7-10/h3-7H,1-2H3,(H,15,16)/p-1. The zero-order valence-corrected chi connectivity index (χ0v) is 9.10. The van der Waals surface area contributed by atoms with Crippen LogP contribution in [0.1, 0.15) is 22.0 Å². The Morgan fingerprint density at radius 3 is 2.38 bits per heavy atom. The number of carboxylic acid groups (broad SMARTS) is 1. The fourth-order valence-corrected chi connectivity index (χ4v) is 1.79. The van der Waals surface area contributed by atoms with Crippen LogP contribution in [0.2, 0.25) is 0 Å². The highest BCUT2D eigenvalue weighted by atomic mass is 16.4. The van der Waals surface area contributed by atoms with E-state index in [1.807, 2.05) is 30.3 Å². The lowest BCUT2D eigenvalue weighted by atomic mass is 10.3. The SMILES string of the molecule is Cc1nc(C(=O)[O-])c(C)n1-c1ccccc1. The molecule has 0 radical (unpaired) electrons. The molecule has 0 fully saturated rings. The molecular formula is C12H11N2O2-. The van der Waals surface area contributed by atoms with Crippen molar-refractivity contribution in [2.45, 2.75) is 13.8 Å². The Morgan fingerprint density at radius 1 is 1.25 bits per heavy atom. The third kappa shape index (κ3) is 1.58. The van der Waals surface area contributed by atoms with Gasteiger partial charge in [0.25, 0.3) is 0 Å². The van der Waals surface area contributed by atoms with Gasteiger partial charge < -0.3 is 14.5 Å². The van der Waals surface area contributed by atoms with Gasteiger partial charge in [0.1, 0.15) is 11.5 Å². The molecule has 2 rings (SSSR count). The molecule has 4 heteroatoms. The van der Waals surface area contributed by atoms with Crippen molar-refractivity contribution in [3.05, 3.63) is 47.5 Å². The third-order valence-corrected chi connectivity index (χ3v) is 2.48. The molecule has 0 aliphatic heterocycles. The summed E-state index contributed by atoms with van der Waals surface area (Å²) in [5, 5.41) is 10.8. The van der Waals surface area contributed by atoms with Crippen molar-refractivity contribution in [2.24, 2.45) is 0 Å². The van der Waals surface area contributed by atoms with Gasteiger partial charge in [-0.1, -0.05) is 18.2 Å². The van der Waals surface area contributed by atoms with Crippen LogP contribution in [0.3, 0.4) is 0 Å². The number of carbonyl (C=O) groups is 1. The Hall–Kier alpha value is -2.10. The number of nitrogens with zero attached hydrogens (tertiary/aromatic N) is 2. The normalized spacial score (nSPS) is 10.4. The Bertz CT molecular complexity index is 529. The first kappa shape index (κ1) is 10.4. The fraction of sp³-hybridized carbons (Fsp3) is 0.167. The first-order valence-electron chi connectivity index (χ1n) is 4.94. The van der Waals surface area contributed by atoms with Crippen LogP contribution in [0.25, 0.3) is 5.69 Å². The summed E-state index contributed by atoms with van der Waals surface area (Å²) in [6, 6.07) is 9.51. The average Bonchev–Trinajstić information content (AvgIpc) is 2.56. The number of carbonyl (C=O) groups excluding carboxylic acids is 1. The number of aromatic carboxylic acids is 1. The van der Waals surface area contributed by atoms with Gasteiger partial charge in [0.05, 0.1) is 5.97 Å². The summed E-state index contributed by atoms with van der Waals surface area (Å²) < 4.78 is 1.80. The summed E-state index contributed by atoms with van der Waals surface area (Å²) in [6.45, 7) is 3.49. The van der Waals surface area contributed by atoms with E-state index in [0.717, 1.165) is 5.69 Å². The van der Waals surface area contributed by atoms with Crippen LogP contribution in [0.4, 0.5) is 0 Å². The number of hydrogen-bond acceptors (Lipinski definition) is 3. The maximum absolute atomic E-state index is 10.8. The number of carboxylic acids is 1. The fourth-order valence-electron chi connectivity index (χ4n) is 1.79. The van der Waals surface area contributed by atoms with Gasteiger partial charge in [-0.15, -0.1) is 0 Å². The average molecular weight is 215 g/mol. The molecule has 1 heterocycles. The molecule has 0 aliphatic carbocycles. The summed E-state index contributed by atoms with van der Waals surface area (Å²) in [5.74, 6) is -0.599. The number of para-hydroxylation sites is 1. The molecule has 0 aliphatic rings. The molecule has 0 bridgehead atoms. The Balaban J connectivity index is 2.63. The largest absolute Gasteiger partial charge is 0.543 e. The topological polar surface area (TPSA) is 57.9 Å². The highest BCUT2D eigenvalue weighted by Gasteiger charge is 2.12. The van der Waals surface area contributed by atoms with Crippen molar-refractivity contribution in [3.63, 3.8) is 0 Å². The Labute approximate surface area is 93.2 Å². The number of hydrogen-bond donors (Lipinski definition) is 0. The molecule has 0 saturated carbocycles. The van der Waals surface area contributed by atoms with Crippen molar-refractivity contribution < 1.29 is 9.90 Å². The third-order valence-electron chi connectivity index (χ3n) is 2.48. The van der Waals surface area contributed by atoms with Crippen LogP contribution in [0.15, 0.2) is 30.3 Å². The van der Waals surface area contributed by atoms with Crippen LogP contribution < -0.4 is 5.11 Å². The van der Waals surface area contributed by atoms with Crippen molar-refractivity contribution in [3.8, 4) is 5.69 Å². The molecule has 0 amide bonds. The number of rotatable bonds is 2. The van der Waals surface area contributed by atoms with E-state index >= 15 is 0 Å². The van der Waals surface area contributed by atoms with Gasteiger partial charge in [0.15, 0.2) is 0 Å². The van der Waals surface area contributed by atoms with E-state index in [4.69, 9.17) is 0 Å². The molecule has 0 unspecified atom stereocenters. The van der Waals surface area contributed by atoms with Gasteiger partial charge in [0.2, 0.25) is 0 Å². The predicted molar refractivity (Wildman–Crippen MR) is 57.4 cm³/mol. The molecule has 0 atom stereocenters. The molecule has 2 aromatic rings. The zero-order chi connectivity index (χ0) is 11.7. The molecule has 0 N–H and O–H groups in total. The van der Waals surface area contributed by atoms with Crippen molar-refractivity contribution >= 4 is 5.97 Å². The lowest BCUT2D eigenvalue weighted by molar-refractivity contribution is -0.255. The lowest BCUT2D eigenvalue weighted by Crippen LogP contribution is -2.23. The monoisotopic (exact) mass is 215 g/mol. The molecule has 0 spiro atoms. The van der Waals surface area contributed by atoms with Crippen molar-refractivity contribution in [1.29, 1.82) is 0 Å². The number of imidazole rings is 1. The number of benzene rings is 1. The number of aryl methyl sites for hydroxylation is 1. The highest BCUT2D eigenvalue weighted by Crippen LogP contribution is 2.16. The Kier molecular flexibility index (Phi) is 2.48. The van der Waals surface area contributed by atoms with Gasteiger partial charge >= 0.3 is 0 Å². The van der Waals surface area contributed by atoms with E-state index in [1.54, 1.807) is 18.4 Å². The molecule has 4 nitrogen and oxygen atoms in total. The first-order chi connectivity index (χ1) is 7.61. The molecular weight excluding hydrogens is 204 g/mol.